The monoisotopic (exact) mass is 527 g/mol. The molecule has 0 spiro atoms. The lowest BCUT2D eigenvalue weighted by Crippen LogP contribution is -2.37. The minimum atomic E-state index is -3.97. The van der Waals surface area contributed by atoms with E-state index in [0.717, 1.165) is 34.4 Å². The van der Waals surface area contributed by atoms with Gasteiger partial charge in [-0.3, -0.25) is 4.79 Å². The van der Waals surface area contributed by atoms with Gasteiger partial charge in [-0.1, -0.05) is 74.6 Å². The molecular weight excluding hydrogens is 490 g/mol. The van der Waals surface area contributed by atoms with E-state index in [-0.39, 0.29) is 13.1 Å². The van der Waals surface area contributed by atoms with Crippen LogP contribution in [0.3, 0.4) is 0 Å². The molecule has 7 nitrogen and oxygen atoms in total. The van der Waals surface area contributed by atoms with Crippen LogP contribution in [0.4, 0.5) is 5.69 Å². The Bertz CT molecular complexity index is 1190. The second-order valence-electron chi connectivity index (χ2n) is 10.7. The van der Waals surface area contributed by atoms with Crippen molar-refractivity contribution in [3.63, 3.8) is 0 Å². The first-order valence-corrected chi connectivity index (χ1v) is 17.8. The number of carbonyl (C=O) groups is 1. The first-order valence-electron chi connectivity index (χ1n) is 12.7. The molecule has 2 heterocycles. The number of nitrogens with one attached hydrogen (secondary N) is 1. The van der Waals surface area contributed by atoms with Crippen molar-refractivity contribution < 1.29 is 17.9 Å². The minimum absolute atomic E-state index is 0.211. The molecule has 36 heavy (non-hydrogen) atoms. The number of anilines is 1. The number of amides is 1. The average molecular weight is 528 g/mol. The number of piperidine rings is 1. The topological polar surface area (TPSA) is 79.0 Å². The highest BCUT2D eigenvalue weighted by Gasteiger charge is 2.43. The van der Waals surface area contributed by atoms with Gasteiger partial charge in [0.05, 0.1) is 5.69 Å². The Kier molecular flexibility index (Phi) is 8.22. The summed E-state index contributed by atoms with van der Waals surface area (Å²) in [6, 6.07) is 16.3. The van der Waals surface area contributed by atoms with E-state index in [4.69, 9.17) is 4.74 Å². The van der Waals surface area contributed by atoms with Crippen LogP contribution in [0.5, 0.6) is 5.75 Å². The lowest BCUT2D eigenvalue weighted by atomic mass is 10.0. The maximum absolute atomic E-state index is 13.4. The van der Waals surface area contributed by atoms with Gasteiger partial charge in [-0.2, -0.15) is 8.42 Å². The lowest BCUT2D eigenvalue weighted by molar-refractivity contribution is -0.123. The number of rotatable bonds is 9. The third-order valence-corrected chi connectivity index (χ3v) is 10.1. The lowest BCUT2D eigenvalue weighted by Gasteiger charge is -2.24. The van der Waals surface area contributed by atoms with Crippen LogP contribution in [0.25, 0.3) is 6.08 Å². The van der Waals surface area contributed by atoms with Gasteiger partial charge in [0.15, 0.2) is 0 Å². The molecular formula is C27H37N3O4SSi. The van der Waals surface area contributed by atoms with Gasteiger partial charge in [0.2, 0.25) is 0 Å². The quantitative estimate of drug-likeness (QED) is 0.480. The average Bonchev–Trinajstić information content (AvgIpc) is 3.08. The summed E-state index contributed by atoms with van der Waals surface area (Å²) in [6.07, 6.45) is 7.72. The van der Waals surface area contributed by atoms with Crippen LogP contribution in [0.1, 0.15) is 30.4 Å². The van der Waals surface area contributed by atoms with Crippen molar-refractivity contribution in [3.8, 4) is 5.75 Å². The fraction of sp³-hybridized carbons (Fsp3) is 0.444. The molecule has 2 aliphatic heterocycles. The Balaban J connectivity index is 1.61. The summed E-state index contributed by atoms with van der Waals surface area (Å²) in [7, 11) is -5.49. The Morgan fingerprint density at radius 3 is 2.58 bits per heavy atom. The van der Waals surface area contributed by atoms with Crippen molar-refractivity contribution in [3.05, 3.63) is 65.7 Å². The van der Waals surface area contributed by atoms with E-state index < -0.39 is 24.2 Å². The summed E-state index contributed by atoms with van der Waals surface area (Å²) < 4.78 is 35.3. The zero-order valence-electron chi connectivity index (χ0n) is 21.4. The summed E-state index contributed by atoms with van der Waals surface area (Å²) >= 11 is 0. The molecule has 1 unspecified atom stereocenters. The first-order chi connectivity index (χ1) is 17.1. The first kappa shape index (κ1) is 26.4. The third-order valence-electron chi connectivity index (χ3n) is 6.54. The van der Waals surface area contributed by atoms with E-state index >= 15 is 0 Å². The summed E-state index contributed by atoms with van der Waals surface area (Å²) in [5.41, 5.74) is 2.29. The SMILES string of the molecule is C[Si](C)(C)CCN1C(=O)CN(c2ccc(C=CC3CCCCN3)cc2OCc2ccccc2)S1(=O)=O. The standard InChI is InChI=1S/C27H37N3O4SSi/c1-36(2,3)18-17-29-27(31)20-30(35(29,32)33)25-15-13-22(12-14-24-11-7-8-16-28-24)19-26(25)34-21-23-9-5-4-6-10-23/h4-6,9-10,12-15,19,24,28H,7-8,11,16-18,20-21H2,1-3H3. The van der Waals surface area contributed by atoms with Gasteiger partial charge in [-0.25, -0.2) is 8.61 Å². The molecule has 4 rings (SSSR count). The van der Waals surface area contributed by atoms with E-state index in [9.17, 15) is 13.2 Å². The Morgan fingerprint density at radius 1 is 1.11 bits per heavy atom. The fourth-order valence-corrected chi connectivity index (χ4v) is 6.98. The van der Waals surface area contributed by atoms with Crippen molar-refractivity contribution in [1.82, 2.24) is 9.62 Å². The highest BCUT2D eigenvalue weighted by Crippen LogP contribution is 2.36. The minimum Gasteiger partial charge on any atom is -0.487 e. The van der Waals surface area contributed by atoms with Gasteiger partial charge in [0, 0.05) is 20.7 Å². The molecule has 0 aliphatic carbocycles. The second-order valence-corrected chi connectivity index (χ2v) is 18.1. The number of hydrogen-bond acceptors (Lipinski definition) is 5. The Morgan fingerprint density at radius 2 is 1.89 bits per heavy atom. The third kappa shape index (κ3) is 6.57. The van der Waals surface area contributed by atoms with E-state index in [0.29, 0.717) is 24.1 Å². The molecule has 0 bridgehead atoms. The molecule has 2 aromatic rings. The second kappa shape index (κ2) is 11.2. The molecule has 1 atom stereocenters. The molecule has 1 N–H and O–H groups in total. The van der Waals surface area contributed by atoms with Gasteiger partial charge in [0.1, 0.15) is 18.9 Å². The summed E-state index contributed by atoms with van der Waals surface area (Å²) in [6.45, 7) is 7.84. The highest BCUT2D eigenvalue weighted by atomic mass is 32.2. The molecule has 2 fully saturated rings. The van der Waals surface area contributed by atoms with Gasteiger partial charge in [0.25, 0.3) is 5.91 Å². The van der Waals surface area contributed by atoms with Crippen LogP contribution in [-0.2, 0) is 21.6 Å². The molecule has 2 saturated heterocycles. The van der Waals surface area contributed by atoms with Crippen LogP contribution in [0, 0.1) is 0 Å². The largest absolute Gasteiger partial charge is 0.487 e. The van der Waals surface area contributed by atoms with Crippen molar-refractivity contribution in [2.24, 2.45) is 0 Å². The number of hydrogen-bond donors (Lipinski definition) is 1. The molecule has 2 aromatic carbocycles. The van der Waals surface area contributed by atoms with Gasteiger partial charge >= 0.3 is 10.2 Å². The molecule has 0 saturated carbocycles. The van der Waals surface area contributed by atoms with Gasteiger partial charge < -0.3 is 10.1 Å². The molecule has 9 heteroatoms. The zero-order valence-corrected chi connectivity index (χ0v) is 23.3. The summed E-state index contributed by atoms with van der Waals surface area (Å²) in [4.78, 5) is 12.8. The molecule has 0 radical (unpaired) electrons. The Labute approximate surface area is 216 Å². The number of nitrogens with zero attached hydrogens (tertiary/aromatic N) is 2. The van der Waals surface area contributed by atoms with Gasteiger partial charge in [-0.05, 0) is 48.7 Å². The number of ether oxygens (including phenoxy) is 1. The fourth-order valence-electron chi connectivity index (χ4n) is 4.38. The van der Waals surface area contributed by atoms with Crippen LogP contribution in [-0.4, -0.2) is 52.4 Å². The zero-order chi connectivity index (χ0) is 25.8. The number of benzene rings is 2. The van der Waals surface area contributed by atoms with Crippen LogP contribution < -0.4 is 14.4 Å². The van der Waals surface area contributed by atoms with E-state index in [2.05, 4.69) is 31.0 Å². The van der Waals surface area contributed by atoms with Crippen molar-refractivity contribution in [2.45, 2.75) is 57.6 Å². The predicted molar refractivity (Wildman–Crippen MR) is 148 cm³/mol. The van der Waals surface area contributed by atoms with Gasteiger partial charge in [-0.15, -0.1) is 0 Å². The van der Waals surface area contributed by atoms with Crippen LogP contribution in [0.15, 0.2) is 54.6 Å². The normalized spacial score (nSPS) is 20.3. The molecule has 2 aliphatic rings. The smallest absolute Gasteiger partial charge is 0.329 e. The van der Waals surface area contributed by atoms with Crippen molar-refractivity contribution >= 4 is 36.0 Å². The maximum atomic E-state index is 13.4. The highest BCUT2D eigenvalue weighted by molar-refractivity contribution is 7.91. The summed E-state index contributed by atoms with van der Waals surface area (Å²) in [5, 5.41) is 3.50. The van der Waals surface area contributed by atoms with E-state index in [1.165, 1.54) is 17.1 Å². The van der Waals surface area contributed by atoms with E-state index in [1.807, 2.05) is 48.5 Å². The number of carbonyl (C=O) groups excluding carboxylic acids is 1. The van der Waals surface area contributed by atoms with Crippen LogP contribution in [0.2, 0.25) is 25.7 Å². The molecule has 1 amide bonds. The Hall–Kier alpha value is -2.62. The maximum Gasteiger partial charge on any atom is 0.329 e. The van der Waals surface area contributed by atoms with Crippen LogP contribution >= 0.6 is 0 Å². The molecule has 0 aromatic heterocycles. The van der Waals surface area contributed by atoms with Crippen molar-refractivity contribution in [1.29, 1.82) is 0 Å². The molecule has 194 valence electrons. The van der Waals surface area contributed by atoms with E-state index in [1.54, 1.807) is 6.07 Å². The predicted octanol–water partition coefficient (Wildman–Crippen LogP) is 4.65. The van der Waals surface area contributed by atoms with Crippen molar-refractivity contribution in [2.75, 3.05) is 23.9 Å². The summed E-state index contributed by atoms with van der Waals surface area (Å²) in [5.74, 6) is 0.0515.